The Balaban J connectivity index is 0.000000241. The molecule has 0 unspecified atom stereocenters. The lowest BCUT2D eigenvalue weighted by molar-refractivity contribution is 0.0650. The Kier molecular flexibility index (Phi) is 10.8. The molecule has 2 N–H and O–H groups in total. The van der Waals surface area contributed by atoms with Crippen LogP contribution in [0.15, 0.2) is 0 Å². The Labute approximate surface area is 85.8 Å². The highest BCUT2D eigenvalue weighted by Gasteiger charge is 2.20. The van der Waals surface area contributed by atoms with Crippen molar-refractivity contribution >= 4 is 0 Å². The fourth-order valence-electron chi connectivity index (χ4n) is 0.750. The van der Waals surface area contributed by atoms with Crippen molar-refractivity contribution in [1.29, 1.82) is 0 Å². The lowest BCUT2D eigenvalue weighted by atomic mass is 10.5. The van der Waals surface area contributed by atoms with E-state index in [0.717, 1.165) is 13.0 Å². The topological polar surface area (TPSA) is 58.9 Å². The summed E-state index contributed by atoms with van der Waals surface area (Å²) in [6.07, 6.45) is 4.43. The zero-order valence-corrected chi connectivity index (χ0v) is 8.95. The zero-order chi connectivity index (χ0) is 10.6. The molecule has 0 bridgehead atoms. The molecule has 1 rings (SSSR count). The van der Waals surface area contributed by atoms with Crippen LogP contribution in [0.2, 0.25) is 0 Å². The van der Waals surface area contributed by atoms with E-state index in [9.17, 15) is 0 Å². The molecule has 14 heavy (non-hydrogen) atoms. The van der Waals surface area contributed by atoms with Crippen molar-refractivity contribution in [3.05, 3.63) is 0 Å². The zero-order valence-electron chi connectivity index (χ0n) is 8.95. The quantitative estimate of drug-likeness (QED) is 0.598. The number of hydrogen-bond acceptors (Lipinski definition) is 4. The number of aliphatic hydroxyl groups is 2. The molecular weight excluding hydrogens is 184 g/mol. The Bertz CT molecular complexity index is 100. The summed E-state index contributed by atoms with van der Waals surface area (Å²) in [4.78, 5) is 0. The van der Waals surface area contributed by atoms with Gasteiger partial charge in [-0.2, -0.15) is 0 Å². The smallest absolute Gasteiger partial charge is 0.0698 e. The van der Waals surface area contributed by atoms with Gasteiger partial charge in [-0.15, -0.1) is 0 Å². The molecular formula is C10H22O4. The van der Waals surface area contributed by atoms with E-state index in [2.05, 4.69) is 11.7 Å². The number of ether oxygens (including phenoxy) is 2. The molecule has 1 saturated carbocycles. The Morgan fingerprint density at radius 3 is 2.00 bits per heavy atom. The largest absolute Gasteiger partial charge is 0.394 e. The first-order chi connectivity index (χ1) is 6.85. The molecule has 86 valence electrons. The summed E-state index contributed by atoms with van der Waals surface area (Å²) in [7, 11) is 0. The molecule has 4 heteroatoms. The van der Waals surface area contributed by atoms with Crippen LogP contribution in [0.1, 0.15) is 26.2 Å². The Morgan fingerprint density at radius 1 is 1.07 bits per heavy atom. The molecule has 0 aromatic heterocycles. The summed E-state index contributed by atoms with van der Waals surface area (Å²) in [5.41, 5.74) is 0. The highest BCUT2D eigenvalue weighted by Crippen LogP contribution is 2.23. The monoisotopic (exact) mass is 206 g/mol. The van der Waals surface area contributed by atoms with Gasteiger partial charge in [-0.3, -0.25) is 0 Å². The van der Waals surface area contributed by atoms with Gasteiger partial charge < -0.3 is 19.7 Å². The molecule has 0 aliphatic heterocycles. The highest BCUT2D eigenvalue weighted by atomic mass is 16.5. The van der Waals surface area contributed by atoms with Crippen LogP contribution in [0, 0.1) is 0 Å². The van der Waals surface area contributed by atoms with Gasteiger partial charge in [0, 0.05) is 6.61 Å². The van der Waals surface area contributed by atoms with E-state index >= 15 is 0 Å². The van der Waals surface area contributed by atoms with Crippen molar-refractivity contribution < 1.29 is 19.7 Å². The fourth-order valence-corrected chi connectivity index (χ4v) is 0.750. The SMILES string of the molecule is CCCOC1CC1.OCCOCCO. The van der Waals surface area contributed by atoms with Crippen molar-refractivity contribution in [2.24, 2.45) is 0 Å². The first kappa shape index (κ1) is 13.8. The van der Waals surface area contributed by atoms with Gasteiger partial charge in [-0.05, 0) is 19.3 Å². The average molecular weight is 206 g/mol. The predicted molar refractivity (Wildman–Crippen MR) is 54.3 cm³/mol. The van der Waals surface area contributed by atoms with Crippen molar-refractivity contribution in [3.63, 3.8) is 0 Å². The standard InChI is InChI=1S/C6H12O.C4H10O3/c1-2-5-7-6-3-4-6;5-1-3-7-4-2-6/h6H,2-5H2,1H3;5-6H,1-4H2. The molecule has 4 nitrogen and oxygen atoms in total. The molecule has 0 amide bonds. The summed E-state index contributed by atoms with van der Waals surface area (Å²) in [6, 6.07) is 0. The summed E-state index contributed by atoms with van der Waals surface area (Å²) in [5.74, 6) is 0. The van der Waals surface area contributed by atoms with Gasteiger partial charge in [0.1, 0.15) is 0 Å². The Morgan fingerprint density at radius 2 is 1.64 bits per heavy atom. The summed E-state index contributed by atoms with van der Waals surface area (Å²) in [5, 5.41) is 16.2. The van der Waals surface area contributed by atoms with E-state index in [1.165, 1.54) is 12.8 Å². The van der Waals surface area contributed by atoms with Crippen LogP contribution in [-0.2, 0) is 9.47 Å². The van der Waals surface area contributed by atoms with Gasteiger partial charge in [0.05, 0.1) is 32.5 Å². The fraction of sp³-hybridized carbons (Fsp3) is 1.00. The average Bonchev–Trinajstić information content (AvgIpc) is 3.00. The molecule has 0 heterocycles. The van der Waals surface area contributed by atoms with Gasteiger partial charge in [-0.25, -0.2) is 0 Å². The maximum absolute atomic E-state index is 8.09. The minimum absolute atomic E-state index is 0.0278. The molecule has 0 radical (unpaired) electrons. The van der Waals surface area contributed by atoms with Gasteiger partial charge in [-0.1, -0.05) is 6.92 Å². The normalized spacial score (nSPS) is 14.8. The molecule has 0 saturated heterocycles. The first-order valence-corrected chi connectivity index (χ1v) is 5.26. The lowest BCUT2D eigenvalue weighted by Gasteiger charge is -1.94. The minimum Gasteiger partial charge on any atom is -0.394 e. The van der Waals surface area contributed by atoms with E-state index < -0.39 is 0 Å². The third-order valence-electron chi connectivity index (χ3n) is 1.55. The molecule has 0 aromatic carbocycles. The summed E-state index contributed by atoms with van der Waals surface area (Å²) in [6.45, 7) is 3.80. The van der Waals surface area contributed by atoms with Crippen molar-refractivity contribution in [3.8, 4) is 0 Å². The van der Waals surface area contributed by atoms with Crippen LogP contribution >= 0.6 is 0 Å². The van der Waals surface area contributed by atoms with E-state index in [1.807, 2.05) is 0 Å². The van der Waals surface area contributed by atoms with Crippen LogP contribution in [0.3, 0.4) is 0 Å². The maximum Gasteiger partial charge on any atom is 0.0698 e. The highest BCUT2D eigenvalue weighted by molar-refractivity contribution is 4.72. The second-order valence-corrected chi connectivity index (χ2v) is 3.13. The van der Waals surface area contributed by atoms with Crippen molar-refractivity contribution in [2.75, 3.05) is 33.0 Å². The lowest BCUT2D eigenvalue weighted by Crippen LogP contribution is -2.03. The van der Waals surface area contributed by atoms with Crippen LogP contribution in [-0.4, -0.2) is 49.4 Å². The van der Waals surface area contributed by atoms with Gasteiger partial charge >= 0.3 is 0 Å². The molecule has 0 spiro atoms. The van der Waals surface area contributed by atoms with E-state index in [4.69, 9.17) is 14.9 Å². The van der Waals surface area contributed by atoms with Crippen LogP contribution in [0.4, 0.5) is 0 Å². The second kappa shape index (κ2) is 10.9. The second-order valence-electron chi connectivity index (χ2n) is 3.13. The van der Waals surface area contributed by atoms with Crippen molar-refractivity contribution in [2.45, 2.75) is 32.3 Å². The van der Waals surface area contributed by atoms with E-state index in [0.29, 0.717) is 19.3 Å². The summed E-state index contributed by atoms with van der Waals surface area (Å²) >= 11 is 0. The van der Waals surface area contributed by atoms with Crippen LogP contribution < -0.4 is 0 Å². The van der Waals surface area contributed by atoms with Gasteiger partial charge in [0.25, 0.3) is 0 Å². The minimum atomic E-state index is 0.0278. The molecule has 1 aliphatic rings. The number of aliphatic hydroxyl groups excluding tert-OH is 2. The molecule has 0 atom stereocenters. The van der Waals surface area contributed by atoms with E-state index in [-0.39, 0.29) is 13.2 Å². The maximum atomic E-state index is 8.09. The Hall–Kier alpha value is -0.160. The van der Waals surface area contributed by atoms with Gasteiger partial charge in [0.2, 0.25) is 0 Å². The van der Waals surface area contributed by atoms with Crippen LogP contribution in [0.25, 0.3) is 0 Å². The number of hydrogen-bond donors (Lipinski definition) is 2. The van der Waals surface area contributed by atoms with Gasteiger partial charge in [0.15, 0.2) is 0 Å². The molecule has 1 fully saturated rings. The molecule has 1 aliphatic carbocycles. The molecule has 0 aromatic rings. The van der Waals surface area contributed by atoms with Crippen molar-refractivity contribution in [1.82, 2.24) is 0 Å². The van der Waals surface area contributed by atoms with E-state index in [1.54, 1.807) is 0 Å². The third-order valence-corrected chi connectivity index (χ3v) is 1.55. The summed E-state index contributed by atoms with van der Waals surface area (Å²) < 4.78 is 9.93. The van der Waals surface area contributed by atoms with Crippen LogP contribution in [0.5, 0.6) is 0 Å². The first-order valence-electron chi connectivity index (χ1n) is 5.26. The predicted octanol–water partition coefficient (Wildman–Crippen LogP) is 0.563. The number of rotatable bonds is 7. The third kappa shape index (κ3) is 11.8.